The minimum atomic E-state index is -3.55. The highest BCUT2D eigenvalue weighted by Gasteiger charge is 2.44. The van der Waals surface area contributed by atoms with Crippen molar-refractivity contribution in [2.24, 2.45) is 0 Å². The van der Waals surface area contributed by atoms with Gasteiger partial charge in [0.15, 0.2) is 0 Å². The number of carbonyl (C=O) groups excluding carboxylic acids is 2. The molecule has 5 rings (SSSR count). The smallest absolute Gasteiger partial charge is 0.262 e. The molecule has 6 nitrogen and oxygen atoms in total. The largest absolute Gasteiger partial charge is 0.277 e. The first-order chi connectivity index (χ1) is 15.8. The van der Waals surface area contributed by atoms with Gasteiger partial charge in [0.2, 0.25) is 0 Å². The number of amides is 2. The van der Waals surface area contributed by atoms with E-state index >= 15 is 0 Å². The Morgan fingerprint density at radius 3 is 2.12 bits per heavy atom. The minimum absolute atomic E-state index is 0.160. The Morgan fingerprint density at radius 2 is 1.48 bits per heavy atom. The van der Waals surface area contributed by atoms with Crippen molar-refractivity contribution < 1.29 is 18.7 Å². The van der Waals surface area contributed by atoms with Crippen LogP contribution in [0, 0.1) is 0 Å². The molecule has 2 heterocycles. The maximum Gasteiger partial charge on any atom is 0.262 e. The third-order valence-electron chi connectivity index (χ3n) is 5.98. The average molecular weight is 481 g/mol. The van der Waals surface area contributed by atoms with Gasteiger partial charge in [-0.15, -0.1) is 0 Å². The molecule has 0 spiro atoms. The van der Waals surface area contributed by atoms with Gasteiger partial charge in [-0.1, -0.05) is 77.0 Å². The van der Waals surface area contributed by atoms with Gasteiger partial charge in [0.05, 0.1) is 34.4 Å². The first-order valence-corrected chi connectivity index (χ1v) is 12.3. The lowest BCUT2D eigenvalue weighted by Crippen LogP contribution is -2.45. The Kier molecular flexibility index (Phi) is 5.29. The predicted octanol–water partition coefficient (Wildman–Crippen LogP) is 5.91. The van der Waals surface area contributed by atoms with Crippen LogP contribution < -0.4 is 0 Å². The van der Waals surface area contributed by atoms with Crippen LogP contribution in [0.2, 0.25) is 5.02 Å². The zero-order chi connectivity index (χ0) is 23.3. The molecule has 2 N–H and O–H groups in total. The zero-order valence-corrected chi connectivity index (χ0v) is 19.3. The van der Waals surface area contributed by atoms with E-state index < -0.39 is 28.6 Å². The molecule has 2 aliphatic heterocycles. The summed E-state index contributed by atoms with van der Waals surface area (Å²) in [5.41, 5.74) is 2.52. The second-order valence-corrected chi connectivity index (χ2v) is 10.3. The summed E-state index contributed by atoms with van der Waals surface area (Å²) in [6, 6.07) is 20.4. The number of fused-ring (bicyclic) bond motifs is 2. The van der Waals surface area contributed by atoms with Crippen molar-refractivity contribution in [3.05, 3.63) is 106 Å². The summed E-state index contributed by atoms with van der Waals surface area (Å²) in [6.45, 7) is 1.88. The third kappa shape index (κ3) is 3.45. The molecule has 0 radical (unpaired) electrons. The van der Waals surface area contributed by atoms with E-state index in [1.54, 1.807) is 55.5 Å². The molecule has 8 heteroatoms. The third-order valence-corrected chi connectivity index (χ3v) is 8.36. The summed E-state index contributed by atoms with van der Waals surface area (Å²) < 4.78 is 24.4. The predicted molar refractivity (Wildman–Crippen MR) is 129 cm³/mol. The van der Waals surface area contributed by atoms with Crippen LogP contribution in [0.5, 0.6) is 0 Å². The van der Waals surface area contributed by atoms with E-state index in [1.165, 1.54) is 9.21 Å². The molecule has 1 atom stereocenters. The van der Waals surface area contributed by atoms with Crippen LogP contribution in [-0.4, -0.2) is 36.2 Å². The van der Waals surface area contributed by atoms with Gasteiger partial charge in [0, 0.05) is 5.56 Å². The molecule has 3 aromatic rings. The van der Waals surface area contributed by atoms with Crippen LogP contribution in [0.1, 0.15) is 38.8 Å². The average Bonchev–Trinajstić information content (AvgIpc) is 3.06. The van der Waals surface area contributed by atoms with Crippen molar-refractivity contribution >= 4 is 40.3 Å². The lowest BCUT2D eigenvalue weighted by molar-refractivity contribution is 0.0606. The molecule has 0 saturated carbocycles. The van der Waals surface area contributed by atoms with Gasteiger partial charge in [-0.25, -0.2) is 0 Å². The number of nitrogens with zero attached hydrogens (tertiary/aromatic N) is 2. The van der Waals surface area contributed by atoms with E-state index in [4.69, 9.17) is 11.6 Å². The van der Waals surface area contributed by atoms with E-state index in [-0.39, 0.29) is 16.5 Å². The number of rotatable bonds is 4. The fourth-order valence-corrected chi connectivity index (χ4v) is 6.68. The van der Waals surface area contributed by atoms with Gasteiger partial charge < -0.3 is 0 Å². The number of hydrogen-bond donors (Lipinski definition) is 2. The lowest BCUT2D eigenvalue weighted by Gasteiger charge is -2.50. The Morgan fingerprint density at radius 1 is 0.879 bits per heavy atom. The van der Waals surface area contributed by atoms with E-state index in [9.17, 15) is 18.7 Å². The lowest BCUT2D eigenvalue weighted by atomic mass is 10.1. The summed E-state index contributed by atoms with van der Waals surface area (Å²) in [5.74, 6) is -0.811. The van der Waals surface area contributed by atoms with Gasteiger partial charge >= 0.3 is 0 Å². The topological polar surface area (TPSA) is 81.1 Å². The molecule has 168 valence electrons. The molecule has 0 bridgehead atoms. The minimum Gasteiger partial charge on any atom is -0.277 e. The van der Waals surface area contributed by atoms with Crippen molar-refractivity contribution in [1.82, 2.24) is 9.21 Å². The fourth-order valence-electron chi connectivity index (χ4n) is 4.37. The van der Waals surface area contributed by atoms with Crippen LogP contribution in [-0.2, 0) is 6.54 Å². The Bertz CT molecular complexity index is 1270. The summed E-state index contributed by atoms with van der Waals surface area (Å²) in [6.07, 6.45) is 1.77. The maximum atomic E-state index is 13.1. The number of imide groups is 1. The quantitative estimate of drug-likeness (QED) is 0.454. The molecular weight excluding hydrogens is 460 g/mol. The number of hydrogen-bond acceptors (Lipinski definition) is 5. The molecule has 0 aromatic heterocycles. The summed E-state index contributed by atoms with van der Waals surface area (Å²) in [4.78, 5) is 27.7. The second kappa shape index (κ2) is 8.04. The summed E-state index contributed by atoms with van der Waals surface area (Å²) in [5, 5.41) is 0.245. The monoisotopic (exact) mass is 480 g/mol. The van der Waals surface area contributed by atoms with Crippen LogP contribution in [0.15, 0.2) is 83.4 Å². The van der Waals surface area contributed by atoms with Crippen molar-refractivity contribution in [3.8, 4) is 0 Å². The van der Waals surface area contributed by atoms with Gasteiger partial charge in [0.1, 0.15) is 4.90 Å². The van der Waals surface area contributed by atoms with Gasteiger partial charge in [-0.2, -0.15) is 0 Å². The molecule has 0 fully saturated rings. The van der Waals surface area contributed by atoms with Crippen LogP contribution in [0.3, 0.4) is 0 Å². The van der Waals surface area contributed by atoms with Crippen molar-refractivity contribution in [2.75, 3.05) is 0 Å². The summed E-state index contributed by atoms with van der Waals surface area (Å²) in [7, 11) is -3.55. The van der Waals surface area contributed by atoms with Crippen molar-refractivity contribution in [1.29, 1.82) is 0 Å². The zero-order valence-electron chi connectivity index (χ0n) is 17.7. The van der Waals surface area contributed by atoms with Gasteiger partial charge in [-0.05, 0) is 36.8 Å². The number of benzene rings is 3. The van der Waals surface area contributed by atoms with Gasteiger partial charge in [0.25, 0.3) is 11.8 Å². The molecule has 1 unspecified atom stereocenters. The normalized spacial score (nSPS) is 18.5. The first-order valence-electron chi connectivity index (χ1n) is 10.4. The number of carbonyl (C=O) groups is 2. The SMILES string of the molecule is CC(C1=Cc2cccc(Cl)c2S(O)(O)N1Cc1ccccc1)N1C(=O)c2ccccc2C1=O. The van der Waals surface area contributed by atoms with E-state index in [1.807, 2.05) is 30.3 Å². The highest BCUT2D eigenvalue weighted by molar-refractivity contribution is 8.22. The standard InChI is InChI=1S/C25H21ClN2O4S/c1-16(28-24(29)19-11-5-6-12-20(19)25(28)30)22-14-18-10-7-13-21(26)23(18)33(31,32)27(22)15-17-8-3-2-4-9-17/h2-14,16,31-32H,15H2,1H3. The molecular formula is C25H21ClN2O4S. The van der Waals surface area contributed by atoms with Crippen molar-refractivity contribution in [3.63, 3.8) is 0 Å². The molecule has 2 aliphatic rings. The first kappa shape index (κ1) is 21.7. The van der Waals surface area contributed by atoms with Crippen LogP contribution in [0.25, 0.3) is 6.08 Å². The Labute approximate surface area is 198 Å². The highest BCUT2D eigenvalue weighted by Crippen LogP contribution is 2.61. The van der Waals surface area contributed by atoms with Gasteiger partial charge in [-0.3, -0.25) is 27.9 Å². The highest BCUT2D eigenvalue weighted by atomic mass is 35.5. The summed E-state index contributed by atoms with van der Waals surface area (Å²) >= 11 is 6.38. The Balaban J connectivity index is 1.63. The molecule has 2 amide bonds. The van der Waals surface area contributed by atoms with Crippen LogP contribution >= 0.6 is 22.4 Å². The molecule has 0 saturated heterocycles. The van der Waals surface area contributed by atoms with E-state index in [2.05, 4.69) is 0 Å². The fraction of sp³-hybridized carbons (Fsp3) is 0.120. The molecule has 33 heavy (non-hydrogen) atoms. The number of halogens is 1. The maximum absolute atomic E-state index is 13.1. The van der Waals surface area contributed by atoms with Crippen LogP contribution in [0.4, 0.5) is 0 Å². The second-order valence-electron chi connectivity index (χ2n) is 7.97. The molecule has 3 aromatic carbocycles. The van der Waals surface area contributed by atoms with E-state index in [0.29, 0.717) is 22.4 Å². The van der Waals surface area contributed by atoms with E-state index in [0.717, 1.165) is 5.56 Å². The Hall–Kier alpha value is -3.10. The van der Waals surface area contributed by atoms with Crippen molar-refractivity contribution in [2.45, 2.75) is 24.4 Å². The molecule has 0 aliphatic carbocycles.